The summed E-state index contributed by atoms with van der Waals surface area (Å²) in [6, 6.07) is 16.9. The summed E-state index contributed by atoms with van der Waals surface area (Å²) in [5.74, 6) is -0.0911. The Labute approximate surface area is 214 Å². The van der Waals surface area contributed by atoms with E-state index in [1.807, 2.05) is 81.4 Å². The van der Waals surface area contributed by atoms with E-state index in [9.17, 15) is 28.5 Å². The summed E-state index contributed by atoms with van der Waals surface area (Å²) >= 11 is 0. The molecule has 10 heteroatoms. The maximum absolute atomic E-state index is 12.8. The molecule has 0 fully saturated rings. The number of amides is 1. The summed E-state index contributed by atoms with van der Waals surface area (Å²) in [5.41, 5.74) is 1.28. The molecule has 1 unspecified atom stereocenters. The Hall–Kier alpha value is -2.50. The van der Waals surface area contributed by atoms with Crippen molar-refractivity contribution in [3.8, 4) is 0 Å². The number of rotatable bonds is 14. The van der Waals surface area contributed by atoms with Gasteiger partial charge in [-0.3, -0.25) is 0 Å². The number of hydrogen-bond donors (Lipinski definition) is 6. The highest BCUT2D eigenvalue weighted by atomic mass is 32.2. The Bertz CT molecular complexity index is 1030. The SMILES string of the molecule is CC(C)(C)CS(=O)(=O)N[C@@H](Cc1ccccc1)C(O)CNC[C@@H](O)[C@H](Cc1ccccc1)NC(=O)O. The minimum Gasteiger partial charge on any atom is -0.465 e. The molecular weight excluding hydrogens is 482 g/mol. The minimum absolute atomic E-state index is 0.00163. The van der Waals surface area contributed by atoms with Gasteiger partial charge in [-0.25, -0.2) is 17.9 Å². The molecule has 200 valence electrons. The first-order valence-corrected chi connectivity index (χ1v) is 13.6. The van der Waals surface area contributed by atoms with E-state index in [1.54, 1.807) is 0 Å². The first-order valence-electron chi connectivity index (χ1n) is 12.0. The molecule has 2 aromatic carbocycles. The molecule has 4 atom stereocenters. The highest BCUT2D eigenvalue weighted by Crippen LogP contribution is 2.17. The molecule has 9 nitrogen and oxygen atoms in total. The van der Waals surface area contributed by atoms with Crippen LogP contribution in [0.3, 0.4) is 0 Å². The summed E-state index contributed by atoms with van der Waals surface area (Å²) in [5, 5.41) is 36.0. The molecule has 0 saturated heterocycles. The zero-order chi connectivity index (χ0) is 26.8. The Balaban J connectivity index is 2.03. The van der Waals surface area contributed by atoms with Crippen LogP contribution in [0.1, 0.15) is 31.9 Å². The van der Waals surface area contributed by atoms with E-state index >= 15 is 0 Å². The number of carboxylic acid groups (broad SMARTS) is 1. The second-order valence-electron chi connectivity index (χ2n) is 10.3. The van der Waals surface area contributed by atoms with Crippen molar-refractivity contribution in [1.82, 2.24) is 15.4 Å². The van der Waals surface area contributed by atoms with Gasteiger partial charge in [0.25, 0.3) is 0 Å². The molecule has 2 rings (SSSR count). The smallest absolute Gasteiger partial charge is 0.404 e. The van der Waals surface area contributed by atoms with Gasteiger partial charge in [0, 0.05) is 13.1 Å². The monoisotopic (exact) mass is 521 g/mol. The first-order chi connectivity index (χ1) is 16.8. The van der Waals surface area contributed by atoms with Gasteiger partial charge < -0.3 is 26.0 Å². The third kappa shape index (κ3) is 11.5. The average Bonchev–Trinajstić information content (AvgIpc) is 2.77. The molecule has 0 heterocycles. The molecule has 0 saturated carbocycles. The number of carbonyl (C=O) groups is 1. The zero-order valence-electron chi connectivity index (χ0n) is 21.1. The normalized spacial score (nSPS) is 15.6. The predicted octanol–water partition coefficient (Wildman–Crippen LogP) is 1.75. The third-order valence-electron chi connectivity index (χ3n) is 5.50. The van der Waals surface area contributed by atoms with Crippen molar-refractivity contribution >= 4 is 16.1 Å². The molecule has 36 heavy (non-hydrogen) atoms. The van der Waals surface area contributed by atoms with E-state index in [0.29, 0.717) is 6.42 Å². The van der Waals surface area contributed by atoms with Crippen molar-refractivity contribution in [2.45, 2.75) is 57.9 Å². The van der Waals surface area contributed by atoms with Gasteiger partial charge >= 0.3 is 6.09 Å². The van der Waals surface area contributed by atoms with Crippen LogP contribution in [0.4, 0.5) is 4.79 Å². The molecule has 2 aromatic rings. The van der Waals surface area contributed by atoms with Gasteiger partial charge in [-0.1, -0.05) is 81.4 Å². The summed E-state index contributed by atoms with van der Waals surface area (Å²) in [6.45, 7) is 5.48. The molecule has 0 aliphatic carbocycles. The summed E-state index contributed by atoms with van der Waals surface area (Å²) in [6.07, 6.45) is -2.83. The molecule has 6 N–H and O–H groups in total. The van der Waals surface area contributed by atoms with Crippen molar-refractivity contribution in [1.29, 1.82) is 0 Å². The van der Waals surface area contributed by atoms with Crippen molar-refractivity contribution in [2.24, 2.45) is 5.41 Å². The topological polar surface area (TPSA) is 148 Å². The lowest BCUT2D eigenvalue weighted by molar-refractivity contribution is 0.102. The van der Waals surface area contributed by atoms with Gasteiger partial charge in [-0.05, 0) is 29.4 Å². The number of benzene rings is 2. The summed E-state index contributed by atoms with van der Waals surface area (Å²) in [4.78, 5) is 11.2. The second-order valence-corrected chi connectivity index (χ2v) is 12.0. The van der Waals surface area contributed by atoms with Crippen molar-refractivity contribution in [3.05, 3.63) is 71.8 Å². The molecule has 0 aliphatic rings. The largest absolute Gasteiger partial charge is 0.465 e. The molecule has 0 bridgehead atoms. The number of aliphatic hydroxyl groups is 2. The van der Waals surface area contributed by atoms with Crippen LogP contribution in [-0.4, -0.2) is 73.0 Å². The number of nitrogens with one attached hydrogen (secondary N) is 3. The molecule has 0 aromatic heterocycles. The van der Waals surface area contributed by atoms with Crippen LogP contribution < -0.4 is 15.4 Å². The quantitative estimate of drug-likeness (QED) is 0.222. The Morgan fingerprint density at radius 3 is 1.72 bits per heavy atom. The van der Waals surface area contributed by atoms with Crippen molar-refractivity contribution in [3.63, 3.8) is 0 Å². The summed E-state index contributed by atoms with van der Waals surface area (Å²) < 4.78 is 28.2. The lowest BCUT2D eigenvalue weighted by Gasteiger charge is -2.28. The fourth-order valence-corrected chi connectivity index (χ4v) is 5.87. The maximum Gasteiger partial charge on any atom is 0.404 e. The van der Waals surface area contributed by atoms with Crippen LogP contribution in [0.5, 0.6) is 0 Å². The highest BCUT2D eigenvalue weighted by molar-refractivity contribution is 7.89. The molecule has 0 radical (unpaired) electrons. The zero-order valence-corrected chi connectivity index (χ0v) is 21.9. The summed E-state index contributed by atoms with van der Waals surface area (Å²) in [7, 11) is -3.67. The molecule has 0 spiro atoms. The van der Waals surface area contributed by atoms with E-state index in [2.05, 4.69) is 15.4 Å². The van der Waals surface area contributed by atoms with E-state index in [4.69, 9.17) is 0 Å². The van der Waals surface area contributed by atoms with Crippen LogP contribution in [0.2, 0.25) is 0 Å². The Kier molecular flexibility index (Phi) is 11.3. The fraction of sp³-hybridized carbons (Fsp3) is 0.500. The van der Waals surface area contributed by atoms with E-state index in [1.165, 1.54) is 0 Å². The minimum atomic E-state index is -3.67. The highest BCUT2D eigenvalue weighted by Gasteiger charge is 2.29. The van der Waals surface area contributed by atoms with Crippen LogP contribution >= 0.6 is 0 Å². The number of sulfonamides is 1. The van der Waals surface area contributed by atoms with E-state index < -0.39 is 45.8 Å². The van der Waals surface area contributed by atoms with Crippen LogP contribution in [-0.2, 0) is 22.9 Å². The first kappa shape index (κ1) is 29.7. The van der Waals surface area contributed by atoms with Gasteiger partial charge in [-0.2, -0.15) is 0 Å². The van der Waals surface area contributed by atoms with Crippen molar-refractivity contribution in [2.75, 3.05) is 18.8 Å². The third-order valence-corrected chi connectivity index (χ3v) is 7.40. The lowest BCUT2D eigenvalue weighted by atomic mass is 10.0. The van der Waals surface area contributed by atoms with Crippen molar-refractivity contribution < 1.29 is 28.5 Å². The molecule has 1 amide bonds. The van der Waals surface area contributed by atoms with Crippen LogP contribution in [0.15, 0.2) is 60.7 Å². The standard InChI is InChI=1S/C26H39N3O6S/c1-26(2,3)18-36(34,35)29-22(15-20-12-8-5-9-13-20)24(31)17-27-16-23(30)21(28-25(32)33)14-19-10-6-4-7-11-19/h4-13,21-24,27-31H,14-18H2,1-3H3,(H,32,33)/t21-,22-,23+,24?/m0/s1. The maximum atomic E-state index is 12.8. The Morgan fingerprint density at radius 1 is 0.833 bits per heavy atom. The number of hydrogen-bond acceptors (Lipinski definition) is 6. The predicted molar refractivity (Wildman–Crippen MR) is 140 cm³/mol. The van der Waals surface area contributed by atoms with E-state index in [-0.39, 0.29) is 25.3 Å². The van der Waals surface area contributed by atoms with Crippen LogP contribution in [0.25, 0.3) is 0 Å². The lowest BCUT2D eigenvalue weighted by Crippen LogP contribution is -2.52. The molecular formula is C26H39N3O6S. The average molecular weight is 522 g/mol. The van der Waals surface area contributed by atoms with Gasteiger partial charge in [-0.15, -0.1) is 0 Å². The molecule has 0 aliphatic heterocycles. The Morgan fingerprint density at radius 2 is 1.28 bits per heavy atom. The fourth-order valence-electron chi connectivity index (χ4n) is 3.94. The van der Waals surface area contributed by atoms with Gasteiger partial charge in [0.05, 0.1) is 30.0 Å². The number of aliphatic hydroxyl groups excluding tert-OH is 2. The second kappa shape index (κ2) is 13.7. The van der Waals surface area contributed by atoms with Gasteiger partial charge in [0.1, 0.15) is 0 Å². The van der Waals surface area contributed by atoms with Crippen LogP contribution in [0, 0.1) is 5.41 Å². The van der Waals surface area contributed by atoms with E-state index in [0.717, 1.165) is 11.1 Å². The van der Waals surface area contributed by atoms with Gasteiger partial charge in [0.2, 0.25) is 10.0 Å². The van der Waals surface area contributed by atoms with Gasteiger partial charge in [0.15, 0.2) is 0 Å².